The van der Waals surface area contributed by atoms with Crippen LogP contribution in [0, 0.1) is 11.7 Å². The fourth-order valence-corrected chi connectivity index (χ4v) is 5.48. The highest BCUT2D eigenvalue weighted by Crippen LogP contribution is 2.35. The van der Waals surface area contributed by atoms with Crippen molar-refractivity contribution in [3.05, 3.63) is 48.3 Å². The van der Waals surface area contributed by atoms with Gasteiger partial charge in [-0.05, 0) is 43.2 Å². The summed E-state index contributed by atoms with van der Waals surface area (Å²) < 4.78 is 47.0. The van der Waals surface area contributed by atoms with Crippen LogP contribution in [0.1, 0.15) is 19.8 Å². The van der Waals surface area contributed by atoms with Crippen LogP contribution in [0.25, 0.3) is 0 Å². The van der Waals surface area contributed by atoms with E-state index >= 15 is 0 Å². The largest absolute Gasteiger partial charge is 0.490 e. The molecule has 0 spiro atoms. The zero-order valence-electron chi connectivity index (χ0n) is 17.6. The second kappa shape index (κ2) is 8.87. The van der Waals surface area contributed by atoms with E-state index in [9.17, 15) is 22.4 Å². The number of para-hydroxylation sites is 1. The molecule has 8 nitrogen and oxygen atoms in total. The van der Waals surface area contributed by atoms with Crippen LogP contribution in [0.3, 0.4) is 0 Å². The number of hydrogen-bond acceptors (Lipinski definition) is 5. The minimum atomic E-state index is -3.81. The van der Waals surface area contributed by atoms with Crippen LogP contribution in [-0.2, 0) is 19.6 Å². The van der Waals surface area contributed by atoms with E-state index in [4.69, 9.17) is 4.74 Å². The first kappa shape index (κ1) is 22.2. The van der Waals surface area contributed by atoms with Crippen LogP contribution in [0.2, 0.25) is 0 Å². The van der Waals surface area contributed by atoms with Crippen molar-refractivity contribution in [1.29, 1.82) is 0 Å². The van der Waals surface area contributed by atoms with Gasteiger partial charge in [0.15, 0.2) is 0 Å². The van der Waals surface area contributed by atoms with Gasteiger partial charge in [0.1, 0.15) is 18.2 Å². The minimum absolute atomic E-state index is 0.0715. The fraction of sp³-hybridized carbons (Fsp3) is 0.364. The Labute approximate surface area is 186 Å². The summed E-state index contributed by atoms with van der Waals surface area (Å²) >= 11 is 0. The zero-order valence-corrected chi connectivity index (χ0v) is 18.4. The molecule has 0 bridgehead atoms. The van der Waals surface area contributed by atoms with Crippen molar-refractivity contribution < 1.29 is 27.1 Å². The van der Waals surface area contributed by atoms with Crippen LogP contribution >= 0.6 is 0 Å². The number of carbonyl (C=O) groups is 2. The SMILES string of the molecule is CC(=O)N1CCOc2ccc(S(=O)(=O)N3CCC(C(=O)Nc4ccccc4F)CC3)cc21. The molecule has 0 atom stereocenters. The average molecular weight is 462 g/mol. The maximum absolute atomic E-state index is 13.8. The molecule has 0 unspecified atom stereocenters. The quantitative estimate of drug-likeness (QED) is 0.755. The number of benzene rings is 2. The number of anilines is 2. The third kappa shape index (κ3) is 4.33. The van der Waals surface area contributed by atoms with E-state index in [0.717, 1.165) is 0 Å². The molecule has 1 saturated heterocycles. The molecule has 0 aliphatic carbocycles. The molecule has 170 valence electrons. The maximum atomic E-state index is 13.8. The Morgan fingerprint density at radius 3 is 2.50 bits per heavy atom. The summed E-state index contributed by atoms with van der Waals surface area (Å²) in [5, 5.41) is 2.58. The molecular formula is C22H24FN3O5S. The Balaban J connectivity index is 1.45. The van der Waals surface area contributed by atoms with Crippen molar-refractivity contribution in [2.75, 3.05) is 36.5 Å². The van der Waals surface area contributed by atoms with Gasteiger partial charge in [-0.1, -0.05) is 12.1 Å². The van der Waals surface area contributed by atoms with Gasteiger partial charge < -0.3 is 15.0 Å². The number of nitrogens with one attached hydrogen (secondary N) is 1. The highest BCUT2D eigenvalue weighted by atomic mass is 32.2. The van der Waals surface area contributed by atoms with E-state index in [1.807, 2.05) is 0 Å². The van der Waals surface area contributed by atoms with E-state index in [2.05, 4.69) is 5.32 Å². The summed E-state index contributed by atoms with van der Waals surface area (Å²) in [6, 6.07) is 10.4. The number of ether oxygens (including phenoxy) is 1. The summed E-state index contributed by atoms with van der Waals surface area (Å²) in [5.74, 6) is -0.974. The summed E-state index contributed by atoms with van der Waals surface area (Å²) in [6.07, 6.45) is 0.653. The Kier molecular flexibility index (Phi) is 6.16. The molecule has 4 rings (SSSR count). The van der Waals surface area contributed by atoms with Crippen molar-refractivity contribution in [2.24, 2.45) is 5.92 Å². The molecule has 0 saturated carbocycles. The number of halogens is 1. The third-order valence-corrected chi connectivity index (χ3v) is 7.66. The van der Waals surface area contributed by atoms with Crippen LogP contribution in [0.15, 0.2) is 47.4 Å². The smallest absolute Gasteiger partial charge is 0.243 e. The number of rotatable bonds is 4. The Bertz CT molecular complexity index is 1150. The van der Waals surface area contributed by atoms with Gasteiger partial charge in [-0.15, -0.1) is 0 Å². The average Bonchev–Trinajstić information content (AvgIpc) is 2.79. The van der Waals surface area contributed by atoms with Gasteiger partial charge in [0.25, 0.3) is 0 Å². The summed E-state index contributed by atoms with van der Waals surface area (Å²) in [7, 11) is -3.81. The van der Waals surface area contributed by atoms with Crippen LogP contribution in [0.4, 0.5) is 15.8 Å². The van der Waals surface area contributed by atoms with E-state index in [1.54, 1.807) is 12.1 Å². The predicted octanol–water partition coefficient (Wildman–Crippen LogP) is 2.61. The van der Waals surface area contributed by atoms with E-state index in [1.165, 1.54) is 46.5 Å². The minimum Gasteiger partial charge on any atom is -0.490 e. The van der Waals surface area contributed by atoms with Gasteiger partial charge in [0.2, 0.25) is 21.8 Å². The fourth-order valence-electron chi connectivity index (χ4n) is 3.99. The molecule has 2 aromatic rings. The molecule has 10 heteroatoms. The molecule has 1 fully saturated rings. The summed E-state index contributed by atoms with van der Waals surface area (Å²) in [4.78, 5) is 26.0. The Morgan fingerprint density at radius 1 is 1.09 bits per heavy atom. The summed E-state index contributed by atoms with van der Waals surface area (Å²) in [6.45, 7) is 2.46. The van der Waals surface area contributed by atoms with Crippen molar-refractivity contribution in [3.8, 4) is 5.75 Å². The molecule has 2 amide bonds. The Morgan fingerprint density at radius 2 is 1.81 bits per heavy atom. The normalized spacial score (nSPS) is 17.4. The Hall–Kier alpha value is -2.98. The molecule has 32 heavy (non-hydrogen) atoms. The lowest BCUT2D eigenvalue weighted by atomic mass is 9.97. The lowest BCUT2D eigenvalue weighted by Gasteiger charge is -2.32. The van der Waals surface area contributed by atoms with E-state index in [-0.39, 0.29) is 35.5 Å². The van der Waals surface area contributed by atoms with Crippen molar-refractivity contribution in [1.82, 2.24) is 4.31 Å². The molecule has 2 heterocycles. The second-order valence-electron chi connectivity index (χ2n) is 7.80. The number of nitrogens with zero attached hydrogens (tertiary/aromatic N) is 2. The van der Waals surface area contributed by atoms with Gasteiger partial charge in [-0.25, -0.2) is 12.8 Å². The molecule has 2 aromatic carbocycles. The predicted molar refractivity (Wildman–Crippen MR) is 116 cm³/mol. The number of fused-ring (bicyclic) bond motifs is 1. The van der Waals surface area contributed by atoms with Gasteiger partial charge in [-0.2, -0.15) is 4.31 Å². The molecule has 1 N–H and O–H groups in total. The molecule has 0 radical (unpaired) electrons. The maximum Gasteiger partial charge on any atom is 0.243 e. The first-order valence-corrected chi connectivity index (χ1v) is 11.8. The lowest BCUT2D eigenvalue weighted by Crippen LogP contribution is -2.41. The standard InChI is InChI=1S/C22H24FN3O5S/c1-15(27)26-12-13-31-21-7-6-17(14-20(21)26)32(29,30)25-10-8-16(9-11-25)22(28)24-19-5-3-2-4-18(19)23/h2-7,14,16H,8-13H2,1H3,(H,24,28). The van der Waals surface area contributed by atoms with Gasteiger partial charge >= 0.3 is 0 Å². The lowest BCUT2D eigenvalue weighted by molar-refractivity contribution is -0.121. The van der Waals surface area contributed by atoms with Crippen molar-refractivity contribution in [3.63, 3.8) is 0 Å². The van der Waals surface area contributed by atoms with E-state index in [0.29, 0.717) is 37.4 Å². The van der Waals surface area contributed by atoms with Gasteiger partial charge in [0.05, 0.1) is 22.8 Å². The van der Waals surface area contributed by atoms with Crippen LogP contribution in [0.5, 0.6) is 5.75 Å². The topological polar surface area (TPSA) is 96.0 Å². The number of amides is 2. The third-order valence-electron chi connectivity index (χ3n) is 5.77. The first-order valence-electron chi connectivity index (χ1n) is 10.4. The van der Waals surface area contributed by atoms with Crippen LogP contribution in [-0.4, -0.2) is 50.8 Å². The first-order chi connectivity index (χ1) is 15.3. The highest BCUT2D eigenvalue weighted by Gasteiger charge is 2.33. The number of sulfonamides is 1. The number of hydrogen-bond donors (Lipinski definition) is 1. The van der Waals surface area contributed by atoms with Gasteiger partial charge in [0, 0.05) is 25.9 Å². The highest BCUT2D eigenvalue weighted by molar-refractivity contribution is 7.89. The van der Waals surface area contributed by atoms with E-state index < -0.39 is 21.8 Å². The molecule has 2 aliphatic rings. The van der Waals surface area contributed by atoms with Crippen LogP contribution < -0.4 is 15.0 Å². The number of carbonyl (C=O) groups excluding carboxylic acids is 2. The van der Waals surface area contributed by atoms with Gasteiger partial charge in [-0.3, -0.25) is 9.59 Å². The van der Waals surface area contributed by atoms with Crippen molar-refractivity contribution >= 4 is 33.2 Å². The monoisotopic (exact) mass is 461 g/mol. The molecular weight excluding hydrogens is 437 g/mol. The molecule has 2 aliphatic heterocycles. The second-order valence-corrected chi connectivity index (χ2v) is 9.73. The van der Waals surface area contributed by atoms with Crippen molar-refractivity contribution in [2.45, 2.75) is 24.7 Å². The molecule has 0 aromatic heterocycles. The number of piperidine rings is 1. The zero-order chi connectivity index (χ0) is 22.9. The summed E-state index contributed by atoms with van der Waals surface area (Å²) in [5.41, 5.74) is 0.544.